The maximum Gasteiger partial charge on any atom is 0.271 e. The summed E-state index contributed by atoms with van der Waals surface area (Å²) >= 11 is 6.02. The minimum Gasteiger partial charge on any atom is -0.489 e. The second-order valence-electron chi connectivity index (χ2n) is 6.28. The zero-order valence-corrected chi connectivity index (χ0v) is 16.4. The number of hydrogen-bond acceptors (Lipinski definition) is 4. The molecule has 3 rings (SSSR count). The molecule has 0 saturated heterocycles. The van der Waals surface area contributed by atoms with Crippen molar-refractivity contribution in [2.45, 2.75) is 20.5 Å². The second kappa shape index (κ2) is 9.15. The first-order chi connectivity index (χ1) is 13.5. The Kier molecular flexibility index (Phi) is 6.40. The molecule has 6 heteroatoms. The molecule has 0 aliphatic heterocycles. The predicted molar refractivity (Wildman–Crippen MR) is 111 cm³/mol. The molecule has 0 unspecified atom stereocenters. The Labute approximate surface area is 169 Å². The number of amides is 1. The molecule has 0 fully saturated rings. The van der Waals surface area contributed by atoms with Crippen molar-refractivity contribution in [1.82, 2.24) is 10.4 Å². The van der Waals surface area contributed by atoms with E-state index in [1.807, 2.05) is 56.3 Å². The van der Waals surface area contributed by atoms with Gasteiger partial charge in [0, 0.05) is 28.5 Å². The standard InChI is InChI=1S/C22H20ClN3O2/c1-15-12-20(9-10-21(15)23)28-14-17-5-7-18(8-6-17)22(27)26-25-16(2)19-4-3-11-24-13-19/h3-13H,14H2,1-2H3,(H,26,27)/b25-16+. The average Bonchev–Trinajstić information content (AvgIpc) is 2.73. The molecule has 28 heavy (non-hydrogen) atoms. The number of aryl methyl sites for hydroxylation is 1. The van der Waals surface area contributed by atoms with Crippen molar-refractivity contribution < 1.29 is 9.53 Å². The molecule has 3 aromatic rings. The number of ether oxygens (including phenoxy) is 1. The van der Waals surface area contributed by atoms with Gasteiger partial charge in [-0.2, -0.15) is 5.10 Å². The van der Waals surface area contributed by atoms with Crippen LogP contribution in [0.2, 0.25) is 5.02 Å². The molecule has 0 aliphatic carbocycles. The number of carbonyl (C=O) groups excluding carboxylic acids is 1. The van der Waals surface area contributed by atoms with Gasteiger partial charge in [0.2, 0.25) is 0 Å². The Morgan fingerprint density at radius 1 is 1.14 bits per heavy atom. The van der Waals surface area contributed by atoms with E-state index in [1.54, 1.807) is 24.5 Å². The van der Waals surface area contributed by atoms with E-state index in [0.717, 1.165) is 22.4 Å². The van der Waals surface area contributed by atoms with Gasteiger partial charge in [0.1, 0.15) is 12.4 Å². The van der Waals surface area contributed by atoms with Crippen LogP contribution in [0.5, 0.6) is 5.75 Å². The quantitative estimate of drug-likeness (QED) is 0.484. The van der Waals surface area contributed by atoms with Crippen LogP contribution in [-0.4, -0.2) is 16.6 Å². The van der Waals surface area contributed by atoms with Crippen molar-refractivity contribution in [2.75, 3.05) is 0 Å². The Bertz CT molecular complexity index is 986. The van der Waals surface area contributed by atoms with Gasteiger partial charge in [-0.15, -0.1) is 0 Å². The van der Waals surface area contributed by atoms with Gasteiger partial charge < -0.3 is 4.74 Å². The highest BCUT2D eigenvalue weighted by atomic mass is 35.5. The van der Waals surface area contributed by atoms with E-state index in [9.17, 15) is 4.79 Å². The number of carbonyl (C=O) groups is 1. The van der Waals surface area contributed by atoms with Gasteiger partial charge in [0.15, 0.2) is 0 Å². The van der Waals surface area contributed by atoms with Crippen molar-refractivity contribution in [3.05, 3.63) is 94.3 Å². The van der Waals surface area contributed by atoms with Gasteiger partial charge in [-0.25, -0.2) is 5.43 Å². The molecule has 1 amide bonds. The Morgan fingerprint density at radius 3 is 2.61 bits per heavy atom. The number of aromatic nitrogens is 1. The smallest absolute Gasteiger partial charge is 0.271 e. The Balaban J connectivity index is 1.57. The van der Waals surface area contributed by atoms with Crippen LogP contribution in [-0.2, 0) is 6.61 Å². The minimum atomic E-state index is -0.274. The lowest BCUT2D eigenvalue weighted by atomic mass is 10.1. The van der Waals surface area contributed by atoms with Gasteiger partial charge in [-0.3, -0.25) is 9.78 Å². The van der Waals surface area contributed by atoms with Crippen LogP contribution in [0.4, 0.5) is 0 Å². The summed E-state index contributed by atoms with van der Waals surface area (Å²) in [5.74, 6) is 0.480. The van der Waals surface area contributed by atoms with Crippen LogP contribution in [0, 0.1) is 6.92 Å². The molecule has 142 valence electrons. The zero-order chi connectivity index (χ0) is 19.9. The third kappa shape index (κ3) is 5.18. The van der Waals surface area contributed by atoms with E-state index in [4.69, 9.17) is 16.3 Å². The monoisotopic (exact) mass is 393 g/mol. The van der Waals surface area contributed by atoms with Crippen molar-refractivity contribution in [3.63, 3.8) is 0 Å². The third-order valence-corrected chi connectivity index (χ3v) is 4.58. The summed E-state index contributed by atoms with van der Waals surface area (Å²) < 4.78 is 5.77. The molecule has 0 bridgehead atoms. The normalized spacial score (nSPS) is 11.2. The molecule has 0 aliphatic rings. The third-order valence-electron chi connectivity index (χ3n) is 4.16. The molecule has 0 radical (unpaired) electrons. The fourth-order valence-electron chi connectivity index (χ4n) is 2.47. The van der Waals surface area contributed by atoms with E-state index < -0.39 is 0 Å². The molecule has 1 heterocycles. The Morgan fingerprint density at radius 2 is 1.93 bits per heavy atom. The first-order valence-electron chi connectivity index (χ1n) is 8.76. The average molecular weight is 394 g/mol. The molecule has 0 atom stereocenters. The highest BCUT2D eigenvalue weighted by Crippen LogP contribution is 2.21. The lowest BCUT2D eigenvalue weighted by Gasteiger charge is -2.08. The van der Waals surface area contributed by atoms with E-state index >= 15 is 0 Å². The molecule has 1 N–H and O–H groups in total. The highest BCUT2D eigenvalue weighted by Gasteiger charge is 2.06. The molecule has 1 aromatic heterocycles. The number of halogens is 1. The SMILES string of the molecule is C/C(=N\NC(=O)c1ccc(COc2ccc(Cl)c(C)c2)cc1)c1cccnc1. The molecule has 0 saturated carbocycles. The van der Waals surface area contributed by atoms with Crippen molar-refractivity contribution in [3.8, 4) is 5.75 Å². The topological polar surface area (TPSA) is 63.6 Å². The van der Waals surface area contributed by atoms with Crippen molar-refractivity contribution in [1.29, 1.82) is 0 Å². The lowest BCUT2D eigenvalue weighted by Crippen LogP contribution is -2.19. The van der Waals surface area contributed by atoms with E-state index in [0.29, 0.717) is 22.9 Å². The summed E-state index contributed by atoms with van der Waals surface area (Å²) in [6.45, 7) is 4.15. The molecule has 5 nitrogen and oxygen atoms in total. The fourth-order valence-corrected chi connectivity index (χ4v) is 2.58. The van der Waals surface area contributed by atoms with Crippen LogP contribution in [0.1, 0.15) is 34.0 Å². The van der Waals surface area contributed by atoms with Crippen LogP contribution in [0.3, 0.4) is 0 Å². The maximum atomic E-state index is 12.3. The maximum absolute atomic E-state index is 12.3. The largest absolute Gasteiger partial charge is 0.489 e. The first kappa shape index (κ1) is 19.6. The van der Waals surface area contributed by atoms with E-state index in [-0.39, 0.29) is 5.91 Å². The number of hydrazone groups is 1. The lowest BCUT2D eigenvalue weighted by molar-refractivity contribution is 0.0955. The molecular weight excluding hydrogens is 374 g/mol. The number of hydrogen-bond donors (Lipinski definition) is 1. The summed E-state index contributed by atoms with van der Waals surface area (Å²) in [7, 11) is 0. The number of benzene rings is 2. The summed E-state index contributed by atoms with van der Waals surface area (Å²) in [5, 5.41) is 4.84. The number of rotatable bonds is 6. The van der Waals surface area contributed by atoms with Gasteiger partial charge >= 0.3 is 0 Å². The summed E-state index contributed by atoms with van der Waals surface area (Å²) in [6.07, 6.45) is 3.39. The minimum absolute atomic E-state index is 0.274. The molecule has 2 aromatic carbocycles. The molecule has 0 spiro atoms. The van der Waals surface area contributed by atoms with Crippen molar-refractivity contribution >= 4 is 23.2 Å². The summed E-state index contributed by atoms with van der Waals surface area (Å²) in [5.41, 5.74) is 6.55. The summed E-state index contributed by atoms with van der Waals surface area (Å²) in [4.78, 5) is 16.3. The fraction of sp³-hybridized carbons (Fsp3) is 0.136. The number of nitrogens with one attached hydrogen (secondary N) is 1. The van der Waals surface area contributed by atoms with Crippen LogP contribution in [0.25, 0.3) is 0 Å². The first-order valence-corrected chi connectivity index (χ1v) is 9.13. The van der Waals surface area contributed by atoms with E-state index in [1.165, 1.54) is 0 Å². The Hall–Kier alpha value is -3.18. The number of nitrogens with zero attached hydrogens (tertiary/aromatic N) is 2. The summed E-state index contributed by atoms with van der Waals surface area (Å²) in [6, 6.07) is 16.5. The van der Waals surface area contributed by atoms with Gasteiger partial charge in [0.25, 0.3) is 5.91 Å². The highest BCUT2D eigenvalue weighted by molar-refractivity contribution is 6.31. The van der Waals surface area contributed by atoms with Gasteiger partial charge in [-0.1, -0.05) is 29.8 Å². The van der Waals surface area contributed by atoms with Crippen LogP contribution >= 0.6 is 11.6 Å². The van der Waals surface area contributed by atoms with Gasteiger partial charge in [0.05, 0.1) is 5.71 Å². The predicted octanol–water partition coefficient (Wildman–Crippen LogP) is 4.78. The van der Waals surface area contributed by atoms with Crippen molar-refractivity contribution in [2.24, 2.45) is 5.10 Å². The van der Waals surface area contributed by atoms with Gasteiger partial charge in [-0.05, 0) is 61.4 Å². The van der Waals surface area contributed by atoms with Crippen LogP contribution in [0.15, 0.2) is 72.1 Å². The van der Waals surface area contributed by atoms with E-state index in [2.05, 4.69) is 15.5 Å². The zero-order valence-electron chi connectivity index (χ0n) is 15.6. The number of pyridine rings is 1. The molecular formula is C22H20ClN3O2. The van der Waals surface area contributed by atoms with Crippen LogP contribution < -0.4 is 10.2 Å². The second-order valence-corrected chi connectivity index (χ2v) is 6.68.